The number of rotatable bonds is 9. The van der Waals surface area contributed by atoms with E-state index in [2.05, 4.69) is 5.32 Å². The van der Waals surface area contributed by atoms with Gasteiger partial charge in [0.25, 0.3) is 0 Å². The molecule has 1 heterocycles. The van der Waals surface area contributed by atoms with Gasteiger partial charge >= 0.3 is 0 Å². The zero-order chi connectivity index (χ0) is 24.0. The number of sulfonamides is 1. The summed E-state index contributed by atoms with van der Waals surface area (Å²) < 4.78 is 38.3. The highest BCUT2D eigenvalue weighted by Gasteiger charge is 2.31. The third-order valence-electron chi connectivity index (χ3n) is 5.71. The minimum Gasteiger partial charge on any atom is -0.493 e. The van der Waals surface area contributed by atoms with Crippen molar-refractivity contribution in [2.75, 3.05) is 20.2 Å². The number of carbonyl (C=O) groups is 1. The molecule has 180 valence electrons. The van der Waals surface area contributed by atoms with Crippen molar-refractivity contribution in [2.24, 2.45) is 5.92 Å². The number of piperidine rings is 1. The molecule has 0 unspecified atom stereocenters. The molecular weight excluding hydrogens is 440 g/mol. The zero-order valence-electron chi connectivity index (χ0n) is 19.8. The molecule has 1 fully saturated rings. The molecule has 2 aromatic carbocycles. The molecule has 0 aliphatic carbocycles. The molecule has 1 aliphatic heterocycles. The molecule has 0 saturated carbocycles. The first-order valence-electron chi connectivity index (χ1n) is 11.3. The standard InChI is InChI=1S/C25H34N2O5S/c1-18(2)32-23-9-8-20(15-24(23)31-4)16-26-25(28)22-10-12-27(13-11-22)33(29,30)17-21-7-5-6-19(3)14-21/h5-9,14-15,18,22H,10-13,16-17H2,1-4H3,(H,26,28). The number of methoxy groups -OCH3 is 1. The number of hydrogen-bond donors (Lipinski definition) is 1. The normalized spacial score (nSPS) is 15.4. The van der Waals surface area contributed by atoms with Gasteiger partial charge in [0.05, 0.1) is 19.0 Å². The van der Waals surface area contributed by atoms with Crippen LogP contribution < -0.4 is 14.8 Å². The number of nitrogens with zero attached hydrogens (tertiary/aromatic N) is 1. The molecule has 3 rings (SSSR count). The van der Waals surface area contributed by atoms with E-state index < -0.39 is 10.0 Å². The Labute approximate surface area is 197 Å². The lowest BCUT2D eigenvalue weighted by Gasteiger charge is -2.30. The SMILES string of the molecule is COc1cc(CNC(=O)C2CCN(S(=O)(=O)Cc3cccc(C)c3)CC2)ccc1OC(C)C. The molecule has 1 saturated heterocycles. The van der Waals surface area contributed by atoms with Crippen molar-refractivity contribution in [3.8, 4) is 11.5 Å². The van der Waals surface area contributed by atoms with E-state index in [9.17, 15) is 13.2 Å². The van der Waals surface area contributed by atoms with E-state index in [1.807, 2.05) is 63.2 Å². The summed E-state index contributed by atoms with van der Waals surface area (Å²) in [5.74, 6) is 1.04. The summed E-state index contributed by atoms with van der Waals surface area (Å²) in [6.07, 6.45) is 1.07. The zero-order valence-corrected chi connectivity index (χ0v) is 20.7. The summed E-state index contributed by atoms with van der Waals surface area (Å²) in [5, 5.41) is 2.98. The number of carbonyl (C=O) groups excluding carboxylic acids is 1. The summed E-state index contributed by atoms with van der Waals surface area (Å²) in [6.45, 7) is 6.95. The number of benzene rings is 2. The smallest absolute Gasteiger partial charge is 0.223 e. The van der Waals surface area contributed by atoms with Gasteiger partial charge in [-0.2, -0.15) is 0 Å². The van der Waals surface area contributed by atoms with Crippen LogP contribution in [-0.2, 0) is 27.1 Å². The highest BCUT2D eigenvalue weighted by molar-refractivity contribution is 7.88. The Morgan fingerprint density at radius 3 is 2.45 bits per heavy atom. The Bertz CT molecular complexity index is 1060. The van der Waals surface area contributed by atoms with Gasteiger partial charge in [-0.25, -0.2) is 12.7 Å². The molecule has 0 bridgehead atoms. The molecule has 1 amide bonds. The topological polar surface area (TPSA) is 84.9 Å². The fraction of sp³-hybridized carbons (Fsp3) is 0.480. The van der Waals surface area contributed by atoms with Crippen LogP contribution in [0, 0.1) is 12.8 Å². The highest BCUT2D eigenvalue weighted by atomic mass is 32.2. The third kappa shape index (κ3) is 6.95. The number of hydrogen-bond acceptors (Lipinski definition) is 5. The number of aryl methyl sites for hydroxylation is 1. The van der Waals surface area contributed by atoms with Crippen LogP contribution in [0.5, 0.6) is 11.5 Å². The second-order valence-electron chi connectivity index (χ2n) is 8.79. The van der Waals surface area contributed by atoms with E-state index in [-0.39, 0.29) is 23.7 Å². The van der Waals surface area contributed by atoms with Crippen LogP contribution in [0.25, 0.3) is 0 Å². The average Bonchev–Trinajstić information content (AvgIpc) is 2.77. The maximum absolute atomic E-state index is 12.8. The minimum atomic E-state index is -3.40. The molecular formula is C25H34N2O5S. The molecule has 7 nitrogen and oxygen atoms in total. The first-order chi connectivity index (χ1) is 15.7. The van der Waals surface area contributed by atoms with Crippen LogP contribution in [0.2, 0.25) is 0 Å². The predicted octanol–water partition coefficient (Wildman–Crippen LogP) is 3.65. The fourth-order valence-electron chi connectivity index (χ4n) is 4.01. The van der Waals surface area contributed by atoms with Gasteiger partial charge < -0.3 is 14.8 Å². The Morgan fingerprint density at radius 1 is 1.09 bits per heavy atom. The van der Waals surface area contributed by atoms with Gasteiger partial charge in [-0.15, -0.1) is 0 Å². The highest BCUT2D eigenvalue weighted by Crippen LogP contribution is 2.29. The summed E-state index contributed by atoms with van der Waals surface area (Å²) in [6, 6.07) is 13.2. The van der Waals surface area contributed by atoms with Gasteiger partial charge in [0.2, 0.25) is 15.9 Å². The van der Waals surface area contributed by atoms with Crippen LogP contribution in [0.15, 0.2) is 42.5 Å². The molecule has 8 heteroatoms. The largest absolute Gasteiger partial charge is 0.493 e. The van der Waals surface area contributed by atoms with E-state index >= 15 is 0 Å². The van der Waals surface area contributed by atoms with E-state index in [0.717, 1.165) is 16.7 Å². The quantitative estimate of drug-likeness (QED) is 0.600. The first kappa shape index (κ1) is 25.1. The number of amides is 1. The predicted molar refractivity (Wildman–Crippen MR) is 129 cm³/mol. The van der Waals surface area contributed by atoms with E-state index in [1.54, 1.807) is 7.11 Å². The first-order valence-corrected chi connectivity index (χ1v) is 12.9. The maximum Gasteiger partial charge on any atom is 0.223 e. The lowest BCUT2D eigenvalue weighted by atomic mass is 9.97. The summed E-state index contributed by atoms with van der Waals surface area (Å²) in [5.41, 5.74) is 2.74. The average molecular weight is 475 g/mol. The second kappa shape index (κ2) is 11.0. The van der Waals surface area contributed by atoms with Crippen molar-refractivity contribution in [1.82, 2.24) is 9.62 Å². The molecule has 0 spiro atoms. The van der Waals surface area contributed by atoms with Gasteiger partial charge in [-0.05, 0) is 56.9 Å². The summed E-state index contributed by atoms with van der Waals surface area (Å²) in [4.78, 5) is 12.7. The fourth-order valence-corrected chi connectivity index (χ4v) is 5.56. The lowest BCUT2D eigenvalue weighted by molar-refractivity contribution is -0.126. The van der Waals surface area contributed by atoms with Crippen molar-refractivity contribution in [1.29, 1.82) is 0 Å². The van der Waals surface area contributed by atoms with Gasteiger partial charge in [0, 0.05) is 25.6 Å². The van der Waals surface area contributed by atoms with Crippen molar-refractivity contribution < 1.29 is 22.7 Å². The molecule has 2 aromatic rings. The summed E-state index contributed by atoms with van der Waals surface area (Å²) >= 11 is 0. The lowest BCUT2D eigenvalue weighted by Crippen LogP contribution is -2.43. The molecule has 1 aliphatic rings. The van der Waals surface area contributed by atoms with Gasteiger partial charge in [0.15, 0.2) is 11.5 Å². The molecule has 0 aromatic heterocycles. The van der Waals surface area contributed by atoms with E-state index in [1.165, 1.54) is 4.31 Å². The molecule has 0 radical (unpaired) electrons. The maximum atomic E-state index is 12.8. The second-order valence-corrected chi connectivity index (χ2v) is 10.8. The van der Waals surface area contributed by atoms with Crippen LogP contribution in [0.3, 0.4) is 0 Å². The van der Waals surface area contributed by atoms with Gasteiger partial charge in [0.1, 0.15) is 0 Å². The van der Waals surface area contributed by atoms with Crippen LogP contribution >= 0.6 is 0 Å². The third-order valence-corrected chi connectivity index (χ3v) is 7.56. The van der Waals surface area contributed by atoms with E-state index in [4.69, 9.17) is 9.47 Å². The van der Waals surface area contributed by atoms with Crippen LogP contribution in [0.4, 0.5) is 0 Å². The van der Waals surface area contributed by atoms with Gasteiger partial charge in [-0.3, -0.25) is 4.79 Å². The van der Waals surface area contributed by atoms with E-state index in [0.29, 0.717) is 44.0 Å². The molecule has 1 N–H and O–H groups in total. The Balaban J connectivity index is 1.51. The van der Waals surface area contributed by atoms with Crippen molar-refractivity contribution in [3.05, 3.63) is 59.2 Å². The van der Waals surface area contributed by atoms with Gasteiger partial charge in [-0.1, -0.05) is 35.9 Å². The molecule has 0 atom stereocenters. The molecule has 33 heavy (non-hydrogen) atoms. The summed E-state index contributed by atoms with van der Waals surface area (Å²) in [7, 11) is -1.81. The minimum absolute atomic E-state index is 0.0100. The van der Waals surface area contributed by atoms with Crippen LogP contribution in [0.1, 0.15) is 43.4 Å². The Kier molecular flexibility index (Phi) is 8.37. The Morgan fingerprint density at radius 2 is 1.82 bits per heavy atom. The van der Waals surface area contributed by atoms with Crippen LogP contribution in [-0.4, -0.2) is 44.9 Å². The number of nitrogens with one attached hydrogen (secondary N) is 1. The monoisotopic (exact) mass is 474 g/mol. The van der Waals surface area contributed by atoms with Crippen molar-refractivity contribution in [2.45, 2.75) is 52.0 Å². The number of ether oxygens (including phenoxy) is 2. The Hall–Kier alpha value is -2.58. The van der Waals surface area contributed by atoms with Crippen molar-refractivity contribution >= 4 is 15.9 Å². The van der Waals surface area contributed by atoms with Crippen molar-refractivity contribution in [3.63, 3.8) is 0 Å².